The quantitative estimate of drug-likeness (QED) is 0.495. The molecule has 0 aliphatic heterocycles. The summed E-state index contributed by atoms with van der Waals surface area (Å²) >= 11 is 7.22. The van der Waals surface area contributed by atoms with Gasteiger partial charge in [0, 0.05) is 5.02 Å². The zero-order valence-electron chi connectivity index (χ0n) is 14.6. The lowest BCUT2D eigenvalue weighted by atomic mass is 10.2. The lowest BCUT2D eigenvalue weighted by Gasteiger charge is -2.05. The van der Waals surface area contributed by atoms with Gasteiger partial charge >= 0.3 is 0 Å². The Bertz CT molecular complexity index is 971. The van der Waals surface area contributed by atoms with Crippen molar-refractivity contribution in [3.8, 4) is 22.1 Å². The molecule has 0 radical (unpaired) electrons. The number of hydrazone groups is 1. The van der Waals surface area contributed by atoms with Crippen LogP contribution in [0.15, 0.2) is 53.8 Å². The highest BCUT2D eigenvalue weighted by atomic mass is 35.5. The molecule has 0 saturated heterocycles. The minimum atomic E-state index is -0.337. The van der Waals surface area contributed by atoms with Crippen LogP contribution in [0.2, 0.25) is 5.02 Å². The fourth-order valence-corrected chi connectivity index (χ4v) is 3.25. The summed E-state index contributed by atoms with van der Waals surface area (Å²) in [5.41, 5.74) is 4.11. The molecular weight excluding hydrogens is 386 g/mol. The van der Waals surface area contributed by atoms with Crippen LogP contribution in [0.3, 0.4) is 0 Å². The van der Waals surface area contributed by atoms with Crippen LogP contribution in [0, 0.1) is 0 Å². The number of carbonyl (C=O) groups is 1. The van der Waals surface area contributed by atoms with E-state index in [4.69, 9.17) is 21.1 Å². The van der Waals surface area contributed by atoms with Gasteiger partial charge in [-0.1, -0.05) is 11.6 Å². The third-order valence-electron chi connectivity index (χ3n) is 3.62. The van der Waals surface area contributed by atoms with Crippen molar-refractivity contribution < 1.29 is 14.3 Å². The van der Waals surface area contributed by atoms with Crippen LogP contribution in [0.1, 0.15) is 15.2 Å². The van der Waals surface area contributed by atoms with Gasteiger partial charge in [-0.05, 0) is 48.0 Å². The maximum absolute atomic E-state index is 12.3. The molecule has 1 N–H and O–H groups in total. The van der Waals surface area contributed by atoms with Crippen molar-refractivity contribution in [3.63, 3.8) is 0 Å². The topological polar surface area (TPSA) is 72.8 Å². The number of thiazole rings is 1. The minimum absolute atomic E-state index is 0.337. The number of benzene rings is 2. The zero-order valence-corrected chi connectivity index (χ0v) is 16.2. The van der Waals surface area contributed by atoms with Crippen molar-refractivity contribution in [3.05, 3.63) is 64.1 Å². The average Bonchev–Trinajstić information content (AvgIpc) is 3.18. The number of carbonyl (C=O) groups excluding carboxylic acids is 1. The van der Waals surface area contributed by atoms with Gasteiger partial charge in [0.2, 0.25) is 0 Å². The molecule has 8 heteroatoms. The predicted molar refractivity (Wildman–Crippen MR) is 107 cm³/mol. The Labute approximate surface area is 165 Å². The molecule has 1 amide bonds. The first-order chi connectivity index (χ1) is 13.1. The van der Waals surface area contributed by atoms with E-state index in [2.05, 4.69) is 15.5 Å². The molecule has 1 aromatic heterocycles. The Morgan fingerprint density at radius 2 is 1.96 bits per heavy atom. The maximum Gasteiger partial charge on any atom is 0.283 e. The Balaban J connectivity index is 1.69. The largest absolute Gasteiger partial charge is 0.497 e. The van der Waals surface area contributed by atoms with E-state index >= 15 is 0 Å². The SMILES string of the molecule is COc1ccc(/C=N\NC(=O)c2cnc(-c3ccc(Cl)cc3OC)s2)cc1. The summed E-state index contributed by atoms with van der Waals surface area (Å²) in [5, 5.41) is 5.20. The van der Waals surface area contributed by atoms with E-state index in [1.807, 2.05) is 30.3 Å². The molecule has 2 aromatic carbocycles. The van der Waals surface area contributed by atoms with Crippen molar-refractivity contribution in [2.75, 3.05) is 14.2 Å². The van der Waals surface area contributed by atoms with Crippen LogP contribution in [0.5, 0.6) is 11.5 Å². The average molecular weight is 402 g/mol. The molecule has 0 aliphatic rings. The summed E-state index contributed by atoms with van der Waals surface area (Å²) < 4.78 is 10.4. The lowest BCUT2D eigenvalue weighted by molar-refractivity contribution is 0.0959. The molecule has 27 heavy (non-hydrogen) atoms. The van der Waals surface area contributed by atoms with Crippen LogP contribution in [0.25, 0.3) is 10.6 Å². The molecule has 138 valence electrons. The van der Waals surface area contributed by atoms with Gasteiger partial charge in [0.1, 0.15) is 21.4 Å². The van der Waals surface area contributed by atoms with Gasteiger partial charge in [0.05, 0.1) is 32.2 Å². The Kier molecular flexibility index (Phi) is 6.05. The fraction of sp³-hybridized carbons (Fsp3) is 0.105. The van der Waals surface area contributed by atoms with E-state index in [1.54, 1.807) is 32.6 Å². The number of hydrogen-bond donors (Lipinski definition) is 1. The van der Waals surface area contributed by atoms with E-state index in [-0.39, 0.29) is 5.91 Å². The molecular formula is C19H16ClN3O3S. The highest BCUT2D eigenvalue weighted by Gasteiger charge is 2.14. The van der Waals surface area contributed by atoms with Crippen molar-refractivity contribution in [1.82, 2.24) is 10.4 Å². The summed E-state index contributed by atoms with van der Waals surface area (Å²) in [5.74, 6) is 1.02. The van der Waals surface area contributed by atoms with E-state index < -0.39 is 0 Å². The minimum Gasteiger partial charge on any atom is -0.497 e. The van der Waals surface area contributed by atoms with Crippen molar-refractivity contribution in [1.29, 1.82) is 0 Å². The summed E-state index contributed by atoms with van der Waals surface area (Å²) in [4.78, 5) is 17.0. The number of aromatic nitrogens is 1. The van der Waals surface area contributed by atoms with Crippen LogP contribution < -0.4 is 14.9 Å². The number of rotatable bonds is 6. The molecule has 0 saturated carbocycles. The summed E-state index contributed by atoms with van der Waals surface area (Å²) in [7, 11) is 3.16. The summed E-state index contributed by atoms with van der Waals surface area (Å²) in [6, 6.07) is 12.6. The number of halogens is 1. The standard InChI is InChI=1S/C19H16ClN3O3S/c1-25-14-6-3-12(4-7-14)10-22-23-18(24)17-11-21-19(27-17)15-8-5-13(20)9-16(15)26-2/h3-11H,1-2H3,(H,23,24)/b22-10-. The first kappa shape index (κ1) is 18.9. The zero-order chi connectivity index (χ0) is 19.2. The van der Waals surface area contributed by atoms with Gasteiger partial charge in [0.25, 0.3) is 5.91 Å². The number of ether oxygens (including phenoxy) is 2. The highest BCUT2D eigenvalue weighted by Crippen LogP contribution is 2.34. The molecule has 1 heterocycles. The van der Waals surface area contributed by atoms with Crippen molar-refractivity contribution >= 4 is 35.1 Å². The number of nitrogens with one attached hydrogen (secondary N) is 1. The normalized spacial score (nSPS) is 10.8. The Morgan fingerprint density at radius 1 is 1.19 bits per heavy atom. The third-order valence-corrected chi connectivity index (χ3v) is 4.88. The van der Waals surface area contributed by atoms with Crippen LogP contribution >= 0.6 is 22.9 Å². The third kappa shape index (κ3) is 4.64. The first-order valence-electron chi connectivity index (χ1n) is 7.88. The van der Waals surface area contributed by atoms with Gasteiger partial charge in [-0.3, -0.25) is 4.79 Å². The van der Waals surface area contributed by atoms with Crippen molar-refractivity contribution in [2.24, 2.45) is 5.10 Å². The second kappa shape index (κ2) is 8.66. The number of methoxy groups -OCH3 is 2. The lowest BCUT2D eigenvalue weighted by Crippen LogP contribution is -2.16. The Morgan fingerprint density at radius 3 is 2.67 bits per heavy atom. The number of amides is 1. The Hall–Kier alpha value is -2.90. The second-order valence-corrected chi connectivity index (χ2v) is 6.81. The molecule has 3 rings (SSSR count). The van der Waals surface area contributed by atoms with Crippen LogP contribution in [-0.2, 0) is 0 Å². The van der Waals surface area contributed by atoms with Gasteiger partial charge in [-0.2, -0.15) is 5.10 Å². The first-order valence-corrected chi connectivity index (χ1v) is 9.07. The van der Waals surface area contributed by atoms with E-state index in [0.717, 1.165) is 16.9 Å². The molecule has 3 aromatic rings. The summed E-state index contributed by atoms with van der Waals surface area (Å²) in [6.45, 7) is 0. The smallest absolute Gasteiger partial charge is 0.283 e. The molecule has 0 aliphatic carbocycles. The van der Waals surface area contributed by atoms with E-state index in [9.17, 15) is 4.79 Å². The monoisotopic (exact) mass is 401 g/mol. The molecule has 0 unspecified atom stereocenters. The molecule has 6 nitrogen and oxygen atoms in total. The molecule has 0 fully saturated rings. The second-order valence-electron chi connectivity index (χ2n) is 5.35. The van der Waals surface area contributed by atoms with Crippen LogP contribution in [-0.4, -0.2) is 31.3 Å². The van der Waals surface area contributed by atoms with Gasteiger partial charge < -0.3 is 9.47 Å². The van der Waals surface area contributed by atoms with Crippen LogP contribution in [0.4, 0.5) is 0 Å². The van der Waals surface area contributed by atoms with E-state index in [0.29, 0.717) is 20.7 Å². The van der Waals surface area contributed by atoms with Gasteiger partial charge in [-0.25, -0.2) is 10.4 Å². The number of nitrogens with zero attached hydrogens (tertiary/aromatic N) is 2. The number of hydrogen-bond acceptors (Lipinski definition) is 6. The highest BCUT2D eigenvalue weighted by molar-refractivity contribution is 7.16. The van der Waals surface area contributed by atoms with Gasteiger partial charge in [-0.15, -0.1) is 11.3 Å². The molecule has 0 atom stereocenters. The maximum atomic E-state index is 12.3. The molecule has 0 spiro atoms. The summed E-state index contributed by atoms with van der Waals surface area (Å²) in [6.07, 6.45) is 3.06. The predicted octanol–water partition coefficient (Wildman–Crippen LogP) is 4.24. The molecule has 0 bridgehead atoms. The van der Waals surface area contributed by atoms with E-state index in [1.165, 1.54) is 17.5 Å². The fourth-order valence-electron chi connectivity index (χ4n) is 2.26. The van der Waals surface area contributed by atoms with Crippen molar-refractivity contribution in [2.45, 2.75) is 0 Å². The van der Waals surface area contributed by atoms with Gasteiger partial charge in [0.15, 0.2) is 0 Å².